The molecule has 2 aromatic carbocycles. The van der Waals surface area contributed by atoms with Gasteiger partial charge in [-0.05, 0) is 36.1 Å². The van der Waals surface area contributed by atoms with Gasteiger partial charge in [0, 0.05) is 23.5 Å². The maximum atomic E-state index is 9.39. The second kappa shape index (κ2) is 9.86. The summed E-state index contributed by atoms with van der Waals surface area (Å²) < 4.78 is 0. The number of aryl methyl sites for hydroxylation is 1. The Morgan fingerprint density at radius 2 is 1.26 bits per heavy atom. The molecule has 1 N–H and O–H groups in total. The van der Waals surface area contributed by atoms with Crippen molar-refractivity contribution >= 4 is 0 Å². The van der Waals surface area contributed by atoms with Crippen molar-refractivity contribution in [2.45, 2.75) is 51.9 Å². The fraction of sp³-hybridized carbons (Fsp3) is 0.333. The number of aromatic nitrogens is 2. The fourth-order valence-corrected chi connectivity index (χ4v) is 3.21. The van der Waals surface area contributed by atoms with Crippen LogP contribution in [0.5, 0.6) is 5.75 Å². The van der Waals surface area contributed by atoms with E-state index in [1.54, 1.807) is 12.1 Å². The summed E-state index contributed by atoms with van der Waals surface area (Å²) >= 11 is 0. The molecule has 0 aliphatic rings. The topological polar surface area (TPSA) is 46.0 Å². The minimum atomic E-state index is 0.261. The number of unbranched alkanes of at least 4 members (excludes halogenated alkanes) is 5. The lowest BCUT2D eigenvalue weighted by molar-refractivity contribution is 0.475. The second-order valence-electron chi connectivity index (χ2n) is 7.06. The number of aromatic hydroxyl groups is 1. The monoisotopic (exact) mass is 360 g/mol. The van der Waals surface area contributed by atoms with Gasteiger partial charge in [0.1, 0.15) is 5.75 Å². The summed E-state index contributed by atoms with van der Waals surface area (Å²) in [6.07, 6.45) is 12.8. The molecule has 0 radical (unpaired) electrons. The molecule has 3 aromatic rings. The van der Waals surface area contributed by atoms with Gasteiger partial charge in [-0.3, -0.25) is 0 Å². The van der Waals surface area contributed by atoms with E-state index < -0.39 is 0 Å². The smallest absolute Gasteiger partial charge is 0.159 e. The summed E-state index contributed by atoms with van der Waals surface area (Å²) in [6.45, 7) is 2.26. The predicted octanol–water partition coefficient (Wildman–Crippen LogP) is 6.42. The lowest BCUT2D eigenvalue weighted by atomic mass is 10.0. The van der Waals surface area contributed by atoms with Gasteiger partial charge >= 0.3 is 0 Å². The highest BCUT2D eigenvalue weighted by Crippen LogP contribution is 2.23. The van der Waals surface area contributed by atoms with Crippen LogP contribution in [0.4, 0.5) is 0 Å². The molecule has 0 atom stereocenters. The van der Waals surface area contributed by atoms with E-state index in [9.17, 15) is 5.11 Å². The van der Waals surface area contributed by atoms with E-state index in [2.05, 4.69) is 41.2 Å². The number of hydrogen-bond acceptors (Lipinski definition) is 3. The van der Waals surface area contributed by atoms with Crippen LogP contribution in [0.2, 0.25) is 0 Å². The summed E-state index contributed by atoms with van der Waals surface area (Å²) in [5.74, 6) is 1.00. The van der Waals surface area contributed by atoms with Crippen molar-refractivity contribution in [2.75, 3.05) is 0 Å². The number of phenols is 1. The maximum absolute atomic E-state index is 9.39. The first-order valence-corrected chi connectivity index (χ1v) is 9.97. The van der Waals surface area contributed by atoms with Gasteiger partial charge in [0.25, 0.3) is 0 Å². The van der Waals surface area contributed by atoms with Crippen molar-refractivity contribution in [1.29, 1.82) is 0 Å². The summed E-state index contributed by atoms with van der Waals surface area (Å²) in [7, 11) is 0. The first-order chi connectivity index (χ1) is 13.3. The molecular formula is C24H28N2O. The molecule has 0 saturated heterocycles. The van der Waals surface area contributed by atoms with Crippen molar-refractivity contribution in [3.8, 4) is 28.3 Å². The van der Waals surface area contributed by atoms with Crippen molar-refractivity contribution in [2.24, 2.45) is 0 Å². The van der Waals surface area contributed by atoms with Crippen molar-refractivity contribution in [3.63, 3.8) is 0 Å². The molecule has 0 aliphatic heterocycles. The summed E-state index contributed by atoms with van der Waals surface area (Å²) in [6, 6.07) is 15.7. The largest absolute Gasteiger partial charge is 0.508 e. The molecule has 0 spiro atoms. The van der Waals surface area contributed by atoms with Crippen LogP contribution in [-0.2, 0) is 6.42 Å². The van der Waals surface area contributed by atoms with Crippen LogP contribution in [0, 0.1) is 0 Å². The van der Waals surface area contributed by atoms with Gasteiger partial charge in [-0.15, -0.1) is 0 Å². The molecule has 140 valence electrons. The molecule has 0 saturated carbocycles. The predicted molar refractivity (Wildman–Crippen MR) is 112 cm³/mol. The van der Waals surface area contributed by atoms with E-state index in [1.807, 2.05) is 24.5 Å². The van der Waals surface area contributed by atoms with E-state index >= 15 is 0 Å². The summed E-state index contributed by atoms with van der Waals surface area (Å²) in [5, 5.41) is 9.39. The Labute approximate surface area is 162 Å². The van der Waals surface area contributed by atoms with E-state index in [0.717, 1.165) is 28.9 Å². The average Bonchev–Trinajstić information content (AvgIpc) is 2.72. The Balaban J connectivity index is 1.56. The number of rotatable bonds is 9. The van der Waals surface area contributed by atoms with Gasteiger partial charge in [-0.25, -0.2) is 9.97 Å². The molecule has 3 heteroatoms. The normalized spacial score (nSPS) is 10.9. The number of phenolic OH excluding ortho intramolecular Hbond substituents is 1. The third kappa shape index (κ3) is 5.65. The highest BCUT2D eigenvalue weighted by Gasteiger charge is 2.04. The van der Waals surface area contributed by atoms with E-state index in [4.69, 9.17) is 0 Å². The quantitative estimate of drug-likeness (QED) is 0.448. The van der Waals surface area contributed by atoms with Gasteiger partial charge in [0.05, 0.1) is 0 Å². The van der Waals surface area contributed by atoms with Gasteiger partial charge < -0.3 is 5.11 Å². The highest BCUT2D eigenvalue weighted by molar-refractivity contribution is 5.64. The summed E-state index contributed by atoms with van der Waals surface area (Å²) in [5.41, 5.74) is 4.36. The Hall–Kier alpha value is -2.68. The lowest BCUT2D eigenvalue weighted by Crippen LogP contribution is -1.91. The van der Waals surface area contributed by atoms with Crippen molar-refractivity contribution in [1.82, 2.24) is 9.97 Å². The van der Waals surface area contributed by atoms with Crippen LogP contribution in [0.1, 0.15) is 51.0 Å². The molecule has 0 amide bonds. The van der Waals surface area contributed by atoms with E-state index in [-0.39, 0.29) is 5.75 Å². The van der Waals surface area contributed by atoms with Gasteiger partial charge in [-0.2, -0.15) is 0 Å². The zero-order valence-corrected chi connectivity index (χ0v) is 16.1. The van der Waals surface area contributed by atoms with Crippen molar-refractivity contribution in [3.05, 3.63) is 66.5 Å². The minimum Gasteiger partial charge on any atom is -0.508 e. The zero-order chi connectivity index (χ0) is 18.9. The molecule has 3 rings (SSSR count). The van der Waals surface area contributed by atoms with Crippen LogP contribution in [0.15, 0.2) is 60.9 Å². The summed E-state index contributed by atoms with van der Waals surface area (Å²) in [4.78, 5) is 9.02. The Morgan fingerprint density at radius 1 is 0.667 bits per heavy atom. The van der Waals surface area contributed by atoms with Gasteiger partial charge in [0.15, 0.2) is 5.82 Å². The zero-order valence-electron chi connectivity index (χ0n) is 16.1. The third-order valence-electron chi connectivity index (χ3n) is 4.88. The second-order valence-corrected chi connectivity index (χ2v) is 7.06. The van der Waals surface area contributed by atoms with Crippen LogP contribution in [0.3, 0.4) is 0 Å². The SMILES string of the molecule is CCCCCCCCc1ccc(-c2ncc(-c3ccc(O)cc3)cn2)cc1. The maximum Gasteiger partial charge on any atom is 0.159 e. The van der Waals surface area contributed by atoms with Gasteiger partial charge in [0.2, 0.25) is 0 Å². The van der Waals surface area contributed by atoms with Crippen LogP contribution >= 0.6 is 0 Å². The van der Waals surface area contributed by atoms with Gasteiger partial charge in [-0.1, -0.05) is 75.4 Å². The molecule has 0 unspecified atom stereocenters. The fourth-order valence-electron chi connectivity index (χ4n) is 3.21. The minimum absolute atomic E-state index is 0.261. The van der Waals surface area contributed by atoms with Crippen LogP contribution < -0.4 is 0 Å². The average molecular weight is 361 g/mol. The molecule has 1 heterocycles. The molecular weight excluding hydrogens is 332 g/mol. The number of nitrogens with zero attached hydrogens (tertiary/aromatic N) is 2. The lowest BCUT2D eigenvalue weighted by Gasteiger charge is -2.05. The number of benzene rings is 2. The molecule has 27 heavy (non-hydrogen) atoms. The standard InChI is InChI=1S/C24H28N2O/c1-2-3-4-5-6-7-8-19-9-11-21(12-10-19)24-25-17-22(18-26-24)20-13-15-23(27)16-14-20/h9-18,27H,2-8H2,1H3. The van der Waals surface area contributed by atoms with Crippen LogP contribution in [-0.4, -0.2) is 15.1 Å². The highest BCUT2D eigenvalue weighted by atomic mass is 16.3. The van der Waals surface area contributed by atoms with E-state index in [1.165, 1.54) is 44.1 Å². The third-order valence-corrected chi connectivity index (χ3v) is 4.88. The molecule has 0 aliphatic carbocycles. The molecule has 3 nitrogen and oxygen atoms in total. The molecule has 0 bridgehead atoms. The molecule has 0 fully saturated rings. The molecule has 1 aromatic heterocycles. The first-order valence-electron chi connectivity index (χ1n) is 9.97. The van der Waals surface area contributed by atoms with E-state index in [0.29, 0.717) is 0 Å². The Bertz CT molecular complexity index is 809. The number of hydrogen-bond donors (Lipinski definition) is 1. The first kappa shape index (κ1) is 19.1. The van der Waals surface area contributed by atoms with Crippen LogP contribution in [0.25, 0.3) is 22.5 Å². The van der Waals surface area contributed by atoms with Crippen molar-refractivity contribution < 1.29 is 5.11 Å². The Morgan fingerprint density at radius 3 is 1.93 bits per heavy atom. The Kier molecular flexibility index (Phi) is 6.97.